The Hall–Kier alpha value is -2.15. The van der Waals surface area contributed by atoms with Crippen molar-refractivity contribution >= 4 is 11.4 Å². The van der Waals surface area contributed by atoms with Crippen LogP contribution in [0.4, 0.5) is 0 Å². The van der Waals surface area contributed by atoms with Crippen molar-refractivity contribution in [2.45, 2.75) is 19.3 Å². The molecule has 0 saturated heterocycles. The standard InChI is InChI=1S/C18H14O/c19-18-15-10-3-1-8-13(15)17(12-6-5-7-12)14-9-2-4-11-16(14)18/h1-4,8-11H,5-7H2. The van der Waals surface area contributed by atoms with Crippen molar-refractivity contribution in [2.75, 3.05) is 0 Å². The molecule has 0 aliphatic heterocycles. The van der Waals surface area contributed by atoms with Crippen molar-refractivity contribution in [3.05, 3.63) is 76.4 Å². The summed E-state index contributed by atoms with van der Waals surface area (Å²) in [5, 5.41) is 0. The lowest BCUT2D eigenvalue weighted by molar-refractivity contribution is 0.103. The first-order valence-corrected chi connectivity index (χ1v) is 6.82. The van der Waals surface area contributed by atoms with Crippen LogP contribution in [0.25, 0.3) is 5.57 Å². The van der Waals surface area contributed by atoms with Crippen LogP contribution in [0.1, 0.15) is 46.3 Å². The zero-order valence-electron chi connectivity index (χ0n) is 10.6. The second-order valence-corrected chi connectivity index (χ2v) is 5.25. The lowest BCUT2D eigenvalue weighted by Crippen LogP contribution is -2.16. The molecule has 92 valence electrons. The van der Waals surface area contributed by atoms with E-state index in [1.807, 2.05) is 36.4 Å². The summed E-state index contributed by atoms with van der Waals surface area (Å²) >= 11 is 0. The number of rotatable bonds is 0. The summed E-state index contributed by atoms with van der Waals surface area (Å²) in [6.45, 7) is 0. The van der Waals surface area contributed by atoms with Gasteiger partial charge in [-0.25, -0.2) is 0 Å². The number of hydrogen-bond donors (Lipinski definition) is 0. The highest BCUT2D eigenvalue weighted by Gasteiger charge is 2.29. The van der Waals surface area contributed by atoms with Gasteiger partial charge in [-0.2, -0.15) is 0 Å². The largest absolute Gasteiger partial charge is 0.289 e. The first-order valence-electron chi connectivity index (χ1n) is 6.82. The minimum atomic E-state index is 0.162. The number of carbonyl (C=O) groups excluding carboxylic acids is 1. The summed E-state index contributed by atoms with van der Waals surface area (Å²) in [6.07, 6.45) is 3.62. The monoisotopic (exact) mass is 246 g/mol. The topological polar surface area (TPSA) is 17.1 Å². The van der Waals surface area contributed by atoms with E-state index in [2.05, 4.69) is 12.1 Å². The van der Waals surface area contributed by atoms with Gasteiger partial charge in [-0.15, -0.1) is 0 Å². The predicted molar refractivity (Wildman–Crippen MR) is 76.2 cm³/mol. The number of carbonyl (C=O) groups is 1. The van der Waals surface area contributed by atoms with Gasteiger partial charge in [0.15, 0.2) is 5.78 Å². The molecule has 0 radical (unpaired) electrons. The average Bonchev–Trinajstić information content (AvgIpc) is 2.41. The molecular weight excluding hydrogens is 232 g/mol. The second-order valence-electron chi connectivity index (χ2n) is 5.25. The van der Waals surface area contributed by atoms with Gasteiger partial charge in [-0.1, -0.05) is 54.1 Å². The van der Waals surface area contributed by atoms with Gasteiger partial charge in [0.1, 0.15) is 0 Å². The zero-order chi connectivity index (χ0) is 12.8. The third-order valence-corrected chi connectivity index (χ3v) is 4.19. The van der Waals surface area contributed by atoms with Crippen LogP contribution < -0.4 is 0 Å². The van der Waals surface area contributed by atoms with Gasteiger partial charge >= 0.3 is 0 Å². The molecule has 0 aromatic heterocycles. The van der Waals surface area contributed by atoms with E-state index >= 15 is 0 Å². The maximum absolute atomic E-state index is 12.6. The van der Waals surface area contributed by atoms with Gasteiger partial charge in [0.05, 0.1) is 0 Å². The van der Waals surface area contributed by atoms with Gasteiger partial charge < -0.3 is 0 Å². The number of ketones is 1. The molecule has 0 heterocycles. The van der Waals surface area contributed by atoms with Crippen molar-refractivity contribution in [3.63, 3.8) is 0 Å². The molecule has 2 aliphatic rings. The molecular formula is C18H14O. The summed E-state index contributed by atoms with van der Waals surface area (Å²) < 4.78 is 0. The van der Waals surface area contributed by atoms with Crippen molar-refractivity contribution in [1.29, 1.82) is 0 Å². The number of allylic oxidation sites excluding steroid dienone is 1. The SMILES string of the molecule is O=C1c2ccccc2C(=C2CCC2)c2ccccc21. The molecule has 0 amide bonds. The molecule has 1 fully saturated rings. The molecule has 1 nitrogen and oxygen atoms in total. The quantitative estimate of drug-likeness (QED) is 0.580. The van der Waals surface area contributed by atoms with E-state index < -0.39 is 0 Å². The number of benzene rings is 2. The Kier molecular flexibility index (Phi) is 2.22. The fraction of sp³-hybridized carbons (Fsp3) is 0.167. The third-order valence-electron chi connectivity index (χ3n) is 4.19. The Labute approximate surface area is 112 Å². The number of fused-ring (bicyclic) bond motifs is 2. The van der Waals surface area contributed by atoms with Crippen LogP contribution in [0.15, 0.2) is 54.1 Å². The zero-order valence-corrected chi connectivity index (χ0v) is 10.6. The van der Waals surface area contributed by atoms with E-state index in [1.165, 1.54) is 30.4 Å². The molecule has 0 unspecified atom stereocenters. The molecule has 19 heavy (non-hydrogen) atoms. The summed E-state index contributed by atoms with van der Waals surface area (Å²) in [7, 11) is 0. The molecule has 2 aromatic rings. The first-order chi connectivity index (χ1) is 9.36. The molecule has 0 N–H and O–H groups in total. The minimum Gasteiger partial charge on any atom is -0.289 e. The lowest BCUT2D eigenvalue weighted by Gasteiger charge is -2.28. The van der Waals surface area contributed by atoms with E-state index in [4.69, 9.17) is 0 Å². The van der Waals surface area contributed by atoms with Gasteiger partial charge in [0.25, 0.3) is 0 Å². The van der Waals surface area contributed by atoms with Crippen molar-refractivity contribution < 1.29 is 4.79 Å². The highest BCUT2D eigenvalue weighted by molar-refractivity contribution is 6.19. The Balaban J connectivity index is 2.08. The molecule has 0 spiro atoms. The van der Waals surface area contributed by atoms with Crippen LogP contribution in [0.5, 0.6) is 0 Å². The molecule has 2 aromatic carbocycles. The van der Waals surface area contributed by atoms with E-state index in [-0.39, 0.29) is 5.78 Å². The summed E-state index contributed by atoms with van der Waals surface area (Å²) in [4.78, 5) is 12.6. The maximum atomic E-state index is 12.6. The van der Waals surface area contributed by atoms with Crippen molar-refractivity contribution in [1.82, 2.24) is 0 Å². The summed E-state index contributed by atoms with van der Waals surface area (Å²) in [6, 6.07) is 16.0. The Morgan fingerprint density at radius 1 is 0.684 bits per heavy atom. The van der Waals surface area contributed by atoms with E-state index in [0.29, 0.717) is 0 Å². The minimum absolute atomic E-state index is 0.162. The first kappa shape index (κ1) is 10.7. The highest BCUT2D eigenvalue weighted by atomic mass is 16.1. The Bertz CT molecular complexity index is 664. The Morgan fingerprint density at radius 2 is 1.16 bits per heavy atom. The molecule has 1 saturated carbocycles. The van der Waals surface area contributed by atoms with Crippen molar-refractivity contribution in [3.8, 4) is 0 Å². The number of hydrogen-bond acceptors (Lipinski definition) is 1. The van der Waals surface area contributed by atoms with E-state index in [9.17, 15) is 4.79 Å². The van der Waals surface area contributed by atoms with Crippen LogP contribution in [-0.4, -0.2) is 5.78 Å². The molecule has 2 aliphatic carbocycles. The van der Waals surface area contributed by atoms with E-state index in [1.54, 1.807) is 0 Å². The van der Waals surface area contributed by atoms with Crippen molar-refractivity contribution in [2.24, 2.45) is 0 Å². The van der Waals surface area contributed by atoms with Gasteiger partial charge in [-0.3, -0.25) is 4.79 Å². The fourth-order valence-electron chi connectivity index (χ4n) is 3.07. The predicted octanol–water partition coefficient (Wildman–Crippen LogP) is 4.22. The van der Waals surface area contributed by atoms with E-state index in [0.717, 1.165) is 22.3 Å². The third kappa shape index (κ3) is 1.45. The summed E-state index contributed by atoms with van der Waals surface area (Å²) in [5.74, 6) is 0.162. The molecule has 0 bridgehead atoms. The maximum Gasteiger partial charge on any atom is 0.194 e. The second kappa shape index (κ2) is 3.92. The smallest absolute Gasteiger partial charge is 0.194 e. The Morgan fingerprint density at radius 3 is 1.58 bits per heavy atom. The van der Waals surface area contributed by atoms with Crippen LogP contribution in [0, 0.1) is 0 Å². The van der Waals surface area contributed by atoms with Gasteiger partial charge in [0, 0.05) is 11.1 Å². The highest BCUT2D eigenvalue weighted by Crippen LogP contribution is 2.42. The normalized spacial score (nSPS) is 16.7. The van der Waals surface area contributed by atoms with Crippen LogP contribution in [0.3, 0.4) is 0 Å². The van der Waals surface area contributed by atoms with Crippen LogP contribution in [-0.2, 0) is 0 Å². The molecule has 0 atom stereocenters. The summed E-state index contributed by atoms with van der Waals surface area (Å²) in [5.41, 5.74) is 6.79. The lowest BCUT2D eigenvalue weighted by atomic mass is 9.75. The molecule has 4 rings (SSSR count). The van der Waals surface area contributed by atoms with Gasteiger partial charge in [0.2, 0.25) is 0 Å². The van der Waals surface area contributed by atoms with Crippen LogP contribution >= 0.6 is 0 Å². The fourth-order valence-corrected chi connectivity index (χ4v) is 3.07. The van der Waals surface area contributed by atoms with Crippen LogP contribution in [0.2, 0.25) is 0 Å². The molecule has 1 heteroatoms. The average molecular weight is 246 g/mol. The van der Waals surface area contributed by atoms with Gasteiger partial charge in [-0.05, 0) is 36.0 Å².